The van der Waals surface area contributed by atoms with Gasteiger partial charge in [-0.3, -0.25) is 0 Å². The van der Waals surface area contributed by atoms with Crippen molar-refractivity contribution in [1.29, 1.82) is 0 Å². The first kappa shape index (κ1) is 9.09. The molecule has 30 valence electrons. The Morgan fingerprint density at radius 2 is 2.00 bits per heavy atom. The SMILES string of the molecule is O=CCCl.[AlH3]. The predicted octanol–water partition coefficient (Wildman–Crippen LogP) is -0.760. The Kier molecular flexibility index (Phi) is 16.0. The Bertz CT molecular complexity index is 23.6. The molecule has 0 aromatic heterocycles. The van der Waals surface area contributed by atoms with Gasteiger partial charge in [0, 0.05) is 0 Å². The molecule has 0 heterocycles. The molecule has 0 atom stereocenters. The lowest BCUT2D eigenvalue weighted by atomic mass is 10.9. The van der Waals surface area contributed by atoms with Crippen molar-refractivity contribution < 1.29 is 4.79 Å². The van der Waals surface area contributed by atoms with Gasteiger partial charge in [-0.15, -0.1) is 11.6 Å². The second-order valence-electron chi connectivity index (χ2n) is 0.321. The topological polar surface area (TPSA) is 17.1 Å². The summed E-state index contributed by atoms with van der Waals surface area (Å²) < 4.78 is 0. The van der Waals surface area contributed by atoms with E-state index in [2.05, 4.69) is 0 Å². The molecule has 0 rings (SSSR count). The van der Waals surface area contributed by atoms with Gasteiger partial charge in [-0.05, 0) is 0 Å². The highest BCUT2D eigenvalue weighted by Crippen LogP contribution is 1.57. The van der Waals surface area contributed by atoms with Crippen molar-refractivity contribution in [2.24, 2.45) is 0 Å². The van der Waals surface area contributed by atoms with E-state index in [9.17, 15) is 0 Å². The molecule has 0 aromatic carbocycles. The molecule has 0 fully saturated rings. The number of rotatable bonds is 1. The molecule has 0 unspecified atom stereocenters. The molecule has 0 aliphatic carbocycles. The fourth-order valence-electron chi connectivity index (χ4n) is 0. The fraction of sp³-hybridized carbons (Fsp3) is 0.500. The van der Waals surface area contributed by atoms with Gasteiger partial charge in [0.1, 0.15) is 6.29 Å². The molecule has 0 amide bonds. The minimum absolute atomic E-state index is 0. The largest absolute Gasteiger partial charge is 0.302 e. The average Bonchev–Trinajstić information content (AvgIpc) is 1.37. The van der Waals surface area contributed by atoms with E-state index in [1.807, 2.05) is 0 Å². The molecule has 0 N–H and O–H groups in total. The van der Waals surface area contributed by atoms with E-state index < -0.39 is 0 Å². The molecule has 0 saturated heterocycles. The highest BCUT2D eigenvalue weighted by atomic mass is 35.5. The second kappa shape index (κ2) is 8.82. The first-order valence-electron chi connectivity index (χ1n) is 0.911. The van der Waals surface area contributed by atoms with Crippen molar-refractivity contribution in [1.82, 2.24) is 0 Å². The van der Waals surface area contributed by atoms with Gasteiger partial charge in [0.05, 0.1) is 5.88 Å². The minimum atomic E-state index is 0. The highest BCUT2D eigenvalue weighted by molar-refractivity contribution is 6.24. The number of carbonyl (C=O) groups excluding carboxylic acids is 1. The molecule has 0 radical (unpaired) electrons. The minimum Gasteiger partial charge on any atom is -0.302 e. The van der Waals surface area contributed by atoms with Crippen LogP contribution in [0.3, 0.4) is 0 Å². The first-order chi connectivity index (χ1) is 1.91. The zero-order chi connectivity index (χ0) is 3.41. The molecule has 5 heavy (non-hydrogen) atoms. The van der Waals surface area contributed by atoms with Crippen molar-refractivity contribution >= 4 is 35.2 Å². The van der Waals surface area contributed by atoms with Gasteiger partial charge in [-0.25, -0.2) is 0 Å². The van der Waals surface area contributed by atoms with Crippen LogP contribution in [0.15, 0.2) is 0 Å². The Balaban J connectivity index is 0. The van der Waals surface area contributed by atoms with E-state index in [1.165, 1.54) is 0 Å². The molecule has 1 nitrogen and oxygen atoms in total. The van der Waals surface area contributed by atoms with Crippen LogP contribution in [0.4, 0.5) is 0 Å². The normalized spacial score (nSPS) is 5.00. The van der Waals surface area contributed by atoms with Crippen LogP contribution >= 0.6 is 11.6 Å². The molecular weight excluding hydrogens is 102 g/mol. The third-order valence-electron chi connectivity index (χ3n) is 0.0630. The standard InChI is InChI=1S/C2H3ClO.Al.3H/c3-1-2-4;;;;/h2H,1H2;;;;. The Hall–Kier alpha value is 0.492. The first-order valence-corrected chi connectivity index (χ1v) is 1.45. The summed E-state index contributed by atoms with van der Waals surface area (Å²) in [5.41, 5.74) is 0. The average molecular weight is 109 g/mol. The lowest BCUT2D eigenvalue weighted by Crippen LogP contribution is -1.63. The third-order valence-corrected chi connectivity index (χ3v) is 0.189. The van der Waals surface area contributed by atoms with E-state index in [1.54, 1.807) is 0 Å². The number of hydrogen-bond donors (Lipinski definition) is 0. The van der Waals surface area contributed by atoms with E-state index >= 15 is 0 Å². The number of hydrogen-bond acceptors (Lipinski definition) is 1. The summed E-state index contributed by atoms with van der Waals surface area (Å²) in [7, 11) is 0. The van der Waals surface area contributed by atoms with Crippen LogP contribution in [0.1, 0.15) is 0 Å². The lowest BCUT2D eigenvalue weighted by molar-refractivity contribution is -0.105. The van der Waals surface area contributed by atoms with E-state index in [-0.39, 0.29) is 23.2 Å². The smallest absolute Gasteiger partial charge is 0.187 e. The van der Waals surface area contributed by atoms with Gasteiger partial charge in [0.15, 0.2) is 17.4 Å². The van der Waals surface area contributed by atoms with E-state index in [0.717, 1.165) is 0 Å². The maximum atomic E-state index is 9.04. The second-order valence-corrected chi connectivity index (χ2v) is 0.630. The molecule has 0 aromatic rings. The Morgan fingerprint density at radius 1 is 1.80 bits per heavy atom. The number of carbonyl (C=O) groups is 1. The molecule has 0 saturated carbocycles. The van der Waals surface area contributed by atoms with Crippen LogP contribution in [0, 0.1) is 0 Å². The summed E-state index contributed by atoms with van der Waals surface area (Å²) in [5, 5.41) is 0. The molecule has 0 aliphatic heterocycles. The number of halogens is 1. The number of alkyl halides is 1. The summed E-state index contributed by atoms with van der Waals surface area (Å²) >= 11 is 4.82. The summed E-state index contributed by atoms with van der Waals surface area (Å²) in [6.07, 6.45) is 0.640. The highest BCUT2D eigenvalue weighted by Gasteiger charge is 1.55. The Morgan fingerprint density at radius 3 is 2.00 bits per heavy atom. The van der Waals surface area contributed by atoms with Crippen LogP contribution in [0.25, 0.3) is 0 Å². The van der Waals surface area contributed by atoms with Crippen molar-refractivity contribution in [2.45, 2.75) is 0 Å². The maximum absolute atomic E-state index is 9.04. The quantitative estimate of drug-likeness (QED) is 0.245. The lowest BCUT2D eigenvalue weighted by Gasteiger charge is -1.49. The summed E-state index contributed by atoms with van der Waals surface area (Å²) in [6.45, 7) is 0. The van der Waals surface area contributed by atoms with Crippen LogP contribution in [-0.2, 0) is 4.79 Å². The van der Waals surface area contributed by atoms with Crippen LogP contribution in [0.2, 0.25) is 0 Å². The molecular formula is C2H6AlClO. The summed E-state index contributed by atoms with van der Waals surface area (Å²) in [6, 6.07) is 0. The molecule has 0 bridgehead atoms. The fourth-order valence-corrected chi connectivity index (χ4v) is 0. The monoisotopic (exact) mass is 108 g/mol. The zero-order valence-electron chi connectivity index (χ0n) is 2.07. The maximum Gasteiger partial charge on any atom is 0.187 e. The van der Waals surface area contributed by atoms with Crippen molar-refractivity contribution in [3.63, 3.8) is 0 Å². The number of aldehydes is 1. The van der Waals surface area contributed by atoms with Crippen LogP contribution < -0.4 is 0 Å². The summed E-state index contributed by atoms with van der Waals surface area (Å²) in [5.74, 6) is 0.111. The van der Waals surface area contributed by atoms with E-state index in [4.69, 9.17) is 16.4 Å². The van der Waals surface area contributed by atoms with Gasteiger partial charge >= 0.3 is 0 Å². The molecule has 0 spiro atoms. The summed E-state index contributed by atoms with van der Waals surface area (Å²) in [4.78, 5) is 9.04. The third kappa shape index (κ3) is 12.5. The zero-order valence-corrected chi connectivity index (χ0v) is 2.83. The van der Waals surface area contributed by atoms with E-state index in [0.29, 0.717) is 6.29 Å². The van der Waals surface area contributed by atoms with Crippen molar-refractivity contribution in [3.05, 3.63) is 0 Å². The molecule has 3 heteroatoms. The molecule has 0 aliphatic rings. The van der Waals surface area contributed by atoms with Gasteiger partial charge in [0.2, 0.25) is 0 Å². The van der Waals surface area contributed by atoms with Gasteiger partial charge in [-0.1, -0.05) is 0 Å². The van der Waals surface area contributed by atoms with Gasteiger partial charge in [-0.2, -0.15) is 0 Å². The van der Waals surface area contributed by atoms with Crippen LogP contribution in [0.5, 0.6) is 0 Å². The van der Waals surface area contributed by atoms with Gasteiger partial charge < -0.3 is 4.79 Å². The predicted molar refractivity (Wildman–Crippen MR) is 26.7 cm³/mol. The Labute approximate surface area is 46.4 Å². The van der Waals surface area contributed by atoms with Gasteiger partial charge in [0.25, 0.3) is 0 Å². The van der Waals surface area contributed by atoms with Crippen LogP contribution in [-0.4, -0.2) is 29.5 Å². The van der Waals surface area contributed by atoms with Crippen molar-refractivity contribution in [3.8, 4) is 0 Å². The van der Waals surface area contributed by atoms with Crippen molar-refractivity contribution in [2.75, 3.05) is 5.88 Å².